The van der Waals surface area contributed by atoms with Crippen LogP contribution in [0.1, 0.15) is 5.56 Å². The third-order valence-corrected chi connectivity index (χ3v) is 4.38. The number of phenolic OH excluding ortho intramolecular Hbond substituents is 2. The SMILES string of the molecule is O=C(CSc1n[nH]c(=S)s1)NN=Cc1ccc(O)cc1O. The van der Waals surface area contributed by atoms with E-state index < -0.39 is 0 Å². The molecule has 0 bridgehead atoms. The van der Waals surface area contributed by atoms with Crippen molar-refractivity contribution in [1.29, 1.82) is 0 Å². The van der Waals surface area contributed by atoms with Gasteiger partial charge in [-0.25, -0.2) is 5.43 Å². The molecule has 1 amide bonds. The topological polar surface area (TPSA) is 111 Å². The summed E-state index contributed by atoms with van der Waals surface area (Å²) in [5.41, 5.74) is 2.71. The first-order chi connectivity index (χ1) is 10.0. The number of hydrazone groups is 1. The van der Waals surface area contributed by atoms with Gasteiger partial charge in [0.25, 0.3) is 5.91 Å². The number of hydrogen-bond donors (Lipinski definition) is 4. The number of nitrogens with one attached hydrogen (secondary N) is 2. The highest BCUT2D eigenvalue weighted by molar-refractivity contribution is 8.01. The number of aromatic amines is 1. The maximum absolute atomic E-state index is 11.5. The lowest BCUT2D eigenvalue weighted by Gasteiger charge is -2.00. The van der Waals surface area contributed by atoms with Crippen LogP contribution in [0.2, 0.25) is 0 Å². The van der Waals surface area contributed by atoms with Crippen molar-refractivity contribution in [2.24, 2.45) is 5.10 Å². The Hall–Kier alpha value is -1.91. The molecule has 2 aromatic rings. The lowest BCUT2D eigenvalue weighted by molar-refractivity contribution is -0.118. The summed E-state index contributed by atoms with van der Waals surface area (Å²) in [6.07, 6.45) is 1.29. The zero-order valence-electron chi connectivity index (χ0n) is 10.4. The maximum atomic E-state index is 11.5. The number of carbonyl (C=O) groups excluding carboxylic acids is 1. The molecule has 0 saturated carbocycles. The number of carbonyl (C=O) groups is 1. The van der Waals surface area contributed by atoms with E-state index in [1.165, 1.54) is 47.5 Å². The van der Waals surface area contributed by atoms with Gasteiger partial charge in [-0.05, 0) is 24.4 Å². The molecule has 0 spiro atoms. The minimum atomic E-state index is -0.310. The van der Waals surface area contributed by atoms with Crippen molar-refractivity contribution < 1.29 is 15.0 Å². The fourth-order valence-electron chi connectivity index (χ4n) is 1.25. The van der Waals surface area contributed by atoms with Gasteiger partial charge in [0.2, 0.25) is 0 Å². The lowest BCUT2D eigenvalue weighted by Crippen LogP contribution is -2.19. The molecule has 1 heterocycles. The van der Waals surface area contributed by atoms with Crippen LogP contribution >= 0.6 is 35.3 Å². The van der Waals surface area contributed by atoms with Gasteiger partial charge in [0.1, 0.15) is 11.5 Å². The Labute approximate surface area is 132 Å². The first kappa shape index (κ1) is 15.5. The number of nitrogens with zero attached hydrogens (tertiary/aromatic N) is 2. The second-order valence-electron chi connectivity index (χ2n) is 3.70. The Morgan fingerprint density at radius 3 is 3.05 bits per heavy atom. The highest BCUT2D eigenvalue weighted by atomic mass is 32.2. The number of amides is 1. The largest absolute Gasteiger partial charge is 0.508 e. The van der Waals surface area contributed by atoms with Crippen molar-refractivity contribution in [3.05, 3.63) is 27.7 Å². The average molecular weight is 342 g/mol. The maximum Gasteiger partial charge on any atom is 0.250 e. The van der Waals surface area contributed by atoms with Crippen LogP contribution in [-0.2, 0) is 4.79 Å². The van der Waals surface area contributed by atoms with E-state index in [1.807, 2.05) is 0 Å². The van der Waals surface area contributed by atoms with Crippen LogP contribution in [0.3, 0.4) is 0 Å². The molecule has 4 N–H and O–H groups in total. The Balaban J connectivity index is 1.83. The van der Waals surface area contributed by atoms with Gasteiger partial charge in [0.05, 0.1) is 12.0 Å². The summed E-state index contributed by atoms with van der Waals surface area (Å²) in [4.78, 5) is 11.5. The van der Waals surface area contributed by atoms with Crippen molar-refractivity contribution in [2.45, 2.75) is 4.34 Å². The molecule has 0 saturated heterocycles. The molecule has 7 nitrogen and oxygen atoms in total. The molecular formula is C11H10N4O3S3. The number of aromatic nitrogens is 2. The van der Waals surface area contributed by atoms with Gasteiger partial charge >= 0.3 is 0 Å². The van der Waals surface area contributed by atoms with Gasteiger partial charge in [0.15, 0.2) is 8.29 Å². The van der Waals surface area contributed by atoms with Crippen molar-refractivity contribution in [3.8, 4) is 11.5 Å². The van der Waals surface area contributed by atoms with Gasteiger partial charge in [-0.3, -0.25) is 9.89 Å². The number of aromatic hydroxyl groups is 2. The number of thioether (sulfide) groups is 1. The van der Waals surface area contributed by atoms with Crippen molar-refractivity contribution in [2.75, 3.05) is 5.75 Å². The fraction of sp³-hybridized carbons (Fsp3) is 0.0909. The zero-order valence-corrected chi connectivity index (χ0v) is 12.9. The molecule has 0 radical (unpaired) electrons. The lowest BCUT2D eigenvalue weighted by atomic mass is 10.2. The van der Waals surface area contributed by atoms with Gasteiger partial charge in [-0.15, -0.1) is 0 Å². The third-order valence-electron chi connectivity index (χ3n) is 2.15. The number of hydrogen-bond acceptors (Lipinski definition) is 8. The molecule has 0 aliphatic rings. The first-order valence-corrected chi connectivity index (χ1v) is 7.78. The Morgan fingerprint density at radius 2 is 2.38 bits per heavy atom. The molecule has 10 heteroatoms. The fourth-order valence-corrected chi connectivity index (χ4v) is 3.13. The Morgan fingerprint density at radius 1 is 1.57 bits per heavy atom. The smallest absolute Gasteiger partial charge is 0.250 e. The third kappa shape index (κ3) is 4.85. The van der Waals surface area contributed by atoms with Crippen molar-refractivity contribution >= 4 is 47.4 Å². The van der Waals surface area contributed by atoms with Gasteiger partial charge < -0.3 is 10.2 Å². The molecule has 0 aliphatic heterocycles. The summed E-state index contributed by atoms with van der Waals surface area (Å²) in [5.74, 6) is -0.338. The molecule has 0 fully saturated rings. The molecule has 110 valence electrons. The Bertz CT molecular complexity index is 725. The predicted octanol–water partition coefficient (Wildman–Crippen LogP) is 1.85. The van der Waals surface area contributed by atoms with Crippen LogP contribution in [0.15, 0.2) is 27.6 Å². The molecule has 0 aliphatic carbocycles. The highest BCUT2D eigenvalue weighted by Crippen LogP contribution is 2.21. The van der Waals surface area contributed by atoms with E-state index in [0.29, 0.717) is 13.9 Å². The van der Waals surface area contributed by atoms with Crippen LogP contribution in [0.4, 0.5) is 0 Å². The molecule has 21 heavy (non-hydrogen) atoms. The number of rotatable bonds is 5. The normalized spacial score (nSPS) is 10.9. The summed E-state index contributed by atoms with van der Waals surface area (Å²) < 4.78 is 1.23. The zero-order chi connectivity index (χ0) is 15.2. The predicted molar refractivity (Wildman–Crippen MR) is 83.5 cm³/mol. The molecule has 1 aromatic heterocycles. The van der Waals surface area contributed by atoms with Crippen LogP contribution in [-0.4, -0.2) is 38.3 Å². The summed E-state index contributed by atoms with van der Waals surface area (Å²) in [6.45, 7) is 0. The highest BCUT2D eigenvalue weighted by Gasteiger charge is 2.04. The quantitative estimate of drug-likeness (QED) is 0.286. The molecular weight excluding hydrogens is 332 g/mol. The van der Waals surface area contributed by atoms with E-state index in [0.717, 1.165) is 0 Å². The minimum absolute atomic E-state index is 0.0496. The van der Waals surface area contributed by atoms with Gasteiger partial charge in [-0.2, -0.15) is 10.2 Å². The van der Waals surface area contributed by atoms with Gasteiger partial charge in [-0.1, -0.05) is 23.1 Å². The molecule has 1 aromatic carbocycles. The second kappa shape index (κ2) is 7.20. The van der Waals surface area contributed by atoms with E-state index >= 15 is 0 Å². The van der Waals surface area contributed by atoms with Crippen LogP contribution < -0.4 is 5.43 Å². The summed E-state index contributed by atoms with van der Waals surface area (Å²) in [7, 11) is 0. The molecule has 2 rings (SSSR count). The number of benzene rings is 1. The second-order valence-corrected chi connectivity index (χ2v) is 6.59. The van der Waals surface area contributed by atoms with Crippen molar-refractivity contribution in [3.63, 3.8) is 0 Å². The molecule has 0 unspecified atom stereocenters. The van der Waals surface area contributed by atoms with Crippen LogP contribution in [0, 0.1) is 3.95 Å². The van der Waals surface area contributed by atoms with E-state index in [1.54, 1.807) is 0 Å². The van der Waals surface area contributed by atoms with Gasteiger partial charge in [0, 0.05) is 11.6 Å². The van der Waals surface area contributed by atoms with E-state index in [2.05, 4.69) is 20.7 Å². The van der Waals surface area contributed by atoms with E-state index in [4.69, 9.17) is 17.3 Å². The summed E-state index contributed by atoms with van der Waals surface area (Å²) in [6, 6.07) is 4.07. The van der Waals surface area contributed by atoms with Crippen LogP contribution in [0.5, 0.6) is 11.5 Å². The number of phenols is 2. The monoisotopic (exact) mass is 342 g/mol. The molecule has 0 atom stereocenters. The number of H-pyrrole nitrogens is 1. The van der Waals surface area contributed by atoms with E-state index in [-0.39, 0.29) is 23.2 Å². The standard InChI is InChI=1S/C11H10N4O3S3/c16-7-2-1-6(8(17)3-7)4-12-13-9(18)5-20-11-15-14-10(19)21-11/h1-4,16-17H,5H2,(H,13,18)(H,14,19). The summed E-state index contributed by atoms with van der Waals surface area (Å²) >= 11 is 7.41. The average Bonchev–Trinajstić information content (AvgIpc) is 2.85. The van der Waals surface area contributed by atoms with E-state index in [9.17, 15) is 9.90 Å². The Kier molecular flexibility index (Phi) is 5.31. The summed E-state index contributed by atoms with van der Waals surface area (Å²) in [5, 5.41) is 28.9. The van der Waals surface area contributed by atoms with Crippen LogP contribution in [0.25, 0.3) is 0 Å². The first-order valence-electron chi connectivity index (χ1n) is 5.57. The minimum Gasteiger partial charge on any atom is -0.508 e. The van der Waals surface area contributed by atoms with Crippen molar-refractivity contribution in [1.82, 2.24) is 15.6 Å².